The number of hydrogen-bond acceptors (Lipinski definition) is 5. The Morgan fingerprint density at radius 3 is 2.31 bits per heavy atom. The Kier molecular flexibility index (Phi) is 6.13. The van der Waals surface area contributed by atoms with Gasteiger partial charge in [0.1, 0.15) is 0 Å². The van der Waals surface area contributed by atoms with Gasteiger partial charge in [-0.15, -0.1) is 0 Å². The maximum atomic E-state index is 13.0. The number of amides is 1. The minimum Gasteiger partial charge on any atom is -0.450 e. The minimum atomic E-state index is -3.31. The summed E-state index contributed by atoms with van der Waals surface area (Å²) >= 11 is 0. The second-order valence-electron chi connectivity index (χ2n) is 6.88. The Labute approximate surface area is 155 Å². The predicted molar refractivity (Wildman–Crippen MR) is 98.3 cm³/mol. The largest absolute Gasteiger partial charge is 0.450 e. The van der Waals surface area contributed by atoms with Crippen LogP contribution in [0.4, 0.5) is 4.79 Å². The molecule has 2 aliphatic rings. The van der Waals surface area contributed by atoms with Crippen molar-refractivity contribution in [3.8, 4) is 0 Å². The molecule has 0 atom stereocenters. The fourth-order valence-corrected chi connectivity index (χ4v) is 5.79. The van der Waals surface area contributed by atoms with E-state index in [0.717, 1.165) is 12.8 Å². The second kappa shape index (κ2) is 8.35. The van der Waals surface area contributed by atoms with Crippen LogP contribution in [-0.2, 0) is 14.8 Å². The van der Waals surface area contributed by atoms with Crippen LogP contribution in [0.25, 0.3) is 0 Å². The number of piperidine rings is 2. The van der Waals surface area contributed by atoms with Gasteiger partial charge in [0.05, 0.1) is 11.9 Å². The van der Waals surface area contributed by atoms with E-state index in [9.17, 15) is 13.2 Å². The molecule has 7 nitrogen and oxygen atoms in total. The molecular formula is C18H27N3O4S. The number of rotatable bonds is 4. The van der Waals surface area contributed by atoms with Crippen LogP contribution in [0.15, 0.2) is 24.5 Å². The summed E-state index contributed by atoms with van der Waals surface area (Å²) < 4.78 is 32.6. The summed E-state index contributed by atoms with van der Waals surface area (Å²) in [6, 6.07) is 4.03. The van der Waals surface area contributed by atoms with E-state index < -0.39 is 15.3 Å². The van der Waals surface area contributed by atoms with E-state index in [1.54, 1.807) is 28.5 Å². The predicted octanol–water partition coefficient (Wildman–Crippen LogP) is 2.21. The molecule has 0 aliphatic carbocycles. The third kappa shape index (κ3) is 4.17. The molecular weight excluding hydrogens is 354 g/mol. The Morgan fingerprint density at radius 2 is 1.73 bits per heavy atom. The molecule has 2 aliphatic heterocycles. The number of carbonyl (C=O) groups excluding carboxylic acids is 1. The third-order valence-corrected chi connectivity index (χ3v) is 7.78. The number of hydrogen-bond donors (Lipinski definition) is 0. The summed E-state index contributed by atoms with van der Waals surface area (Å²) in [6.07, 6.45) is 5.86. The fourth-order valence-electron chi connectivity index (χ4n) is 3.84. The van der Waals surface area contributed by atoms with E-state index in [1.165, 1.54) is 5.56 Å². The number of nitrogens with zero attached hydrogens (tertiary/aromatic N) is 3. The first kappa shape index (κ1) is 19.1. The Morgan fingerprint density at radius 1 is 1.12 bits per heavy atom. The molecule has 1 amide bonds. The molecule has 144 valence electrons. The zero-order chi connectivity index (χ0) is 18.6. The number of carbonyl (C=O) groups is 1. The zero-order valence-electron chi connectivity index (χ0n) is 15.2. The standard InChI is InChI=1S/C18H27N3O4S/c1-2-25-18(22)20-11-7-17(8-12-20)26(23,24)21-13-5-16(6-14-21)15-3-9-19-10-4-15/h3-4,9-10,16-17H,2,5-8,11-14H2,1H3. The molecule has 8 heteroatoms. The fraction of sp³-hybridized carbons (Fsp3) is 0.667. The molecule has 0 bridgehead atoms. The molecule has 0 N–H and O–H groups in total. The first-order valence-electron chi connectivity index (χ1n) is 9.33. The highest BCUT2D eigenvalue weighted by atomic mass is 32.2. The normalized spacial score (nSPS) is 20.9. The molecule has 3 heterocycles. The van der Waals surface area contributed by atoms with Gasteiger partial charge >= 0.3 is 6.09 Å². The lowest BCUT2D eigenvalue weighted by Crippen LogP contribution is -2.48. The van der Waals surface area contributed by atoms with Crippen molar-refractivity contribution in [3.05, 3.63) is 30.1 Å². The number of likely N-dealkylation sites (tertiary alicyclic amines) is 1. The van der Waals surface area contributed by atoms with Gasteiger partial charge in [0.25, 0.3) is 0 Å². The van der Waals surface area contributed by atoms with Crippen molar-refractivity contribution in [2.75, 3.05) is 32.8 Å². The van der Waals surface area contributed by atoms with E-state index in [4.69, 9.17) is 4.74 Å². The molecule has 0 aromatic carbocycles. The van der Waals surface area contributed by atoms with E-state index in [1.807, 2.05) is 12.1 Å². The Balaban J connectivity index is 1.54. The lowest BCUT2D eigenvalue weighted by atomic mass is 9.91. The van der Waals surface area contributed by atoms with Crippen molar-refractivity contribution in [2.24, 2.45) is 0 Å². The second-order valence-corrected chi connectivity index (χ2v) is 9.10. The average Bonchev–Trinajstić information content (AvgIpc) is 2.69. The number of sulfonamides is 1. The van der Waals surface area contributed by atoms with Gasteiger partial charge in [0.15, 0.2) is 0 Å². The molecule has 2 saturated heterocycles. The zero-order valence-corrected chi connectivity index (χ0v) is 16.0. The van der Waals surface area contributed by atoms with Crippen LogP contribution < -0.4 is 0 Å². The van der Waals surface area contributed by atoms with Crippen molar-refractivity contribution >= 4 is 16.1 Å². The van der Waals surface area contributed by atoms with Crippen LogP contribution in [0.5, 0.6) is 0 Å². The number of aromatic nitrogens is 1. The van der Waals surface area contributed by atoms with Gasteiger partial charge in [0.2, 0.25) is 10.0 Å². The van der Waals surface area contributed by atoms with E-state index in [2.05, 4.69) is 4.98 Å². The maximum absolute atomic E-state index is 13.0. The number of pyridine rings is 1. The summed E-state index contributed by atoms with van der Waals surface area (Å²) in [4.78, 5) is 17.4. The SMILES string of the molecule is CCOC(=O)N1CCC(S(=O)(=O)N2CCC(c3ccncc3)CC2)CC1. The first-order chi connectivity index (χ1) is 12.5. The molecule has 1 aromatic heterocycles. The molecule has 2 fully saturated rings. The molecule has 1 aromatic rings. The smallest absolute Gasteiger partial charge is 0.409 e. The van der Waals surface area contributed by atoms with Gasteiger partial charge in [0, 0.05) is 38.6 Å². The summed E-state index contributed by atoms with van der Waals surface area (Å²) in [5.74, 6) is 0.398. The van der Waals surface area contributed by atoms with Crippen molar-refractivity contribution in [2.45, 2.75) is 43.8 Å². The molecule has 0 unspecified atom stereocenters. The van der Waals surface area contributed by atoms with Gasteiger partial charge in [-0.3, -0.25) is 4.98 Å². The maximum Gasteiger partial charge on any atom is 0.409 e. The molecule has 26 heavy (non-hydrogen) atoms. The number of ether oxygens (including phenoxy) is 1. The summed E-state index contributed by atoms with van der Waals surface area (Å²) in [5, 5.41) is -0.398. The lowest BCUT2D eigenvalue weighted by molar-refractivity contribution is 0.0997. The molecule has 0 radical (unpaired) electrons. The third-order valence-electron chi connectivity index (χ3n) is 5.38. The molecule has 0 spiro atoms. The van der Waals surface area contributed by atoms with Crippen LogP contribution in [-0.4, -0.2) is 66.7 Å². The van der Waals surface area contributed by atoms with E-state index in [0.29, 0.717) is 51.5 Å². The van der Waals surface area contributed by atoms with Crippen LogP contribution in [0.1, 0.15) is 44.1 Å². The van der Waals surface area contributed by atoms with Crippen molar-refractivity contribution in [3.63, 3.8) is 0 Å². The van der Waals surface area contributed by atoms with E-state index >= 15 is 0 Å². The van der Waals surface area contributed by atoms with Crippen LogP contribution in [0.3, 0.4) is 0 Å². The van der Waals surface area contributed by atoms with Gasteiger partial charge in [-0.1, -0.05) is 0 Å². The van der Waals surface area contributed by atoms with Crippen LogP contribution in [0.2, 0.25) is 0 Å². The Bertz CT molecular complexity index is 694. The Hall–Kier alpha value is -1.67. The van der Waals surface area contributed by atoms with Gasteiger partial charge in [-0.2, -0.15) is 0 Å². The highest BCUT2D eigenvalue weighted by molar-refractivity contribution is 7.89. The summed E-state index contributed by atoms with van der Waals surface area (Å²) in [5.41, 5.74) is 1.24. The van der Waals surface area contributed by atoms with Gasteiger partial charge in [-0.05, 0) is 56.2 Å². The first-order valence-corrected chi connectivity index (χ1v) is 10.8. The van der Waals surface area contributed by atoms with Gasteiger partial charge < -0.3 is 9.64 Å². The van der Waals surface area contributed by atoms with Crippen LogP contribution >= 0.6 is 0 Å². The molecule has 3 rings (SSSR count). The quantitative estimate of drug-likeness (QED) is 0.799. The van der Waals surface area contributed by atoms with Crippen molar-refractivity contribution in [1.82, 2.24) is 14.2 Å². The highest BCUT2D eigenvalue weighted by Crippen LogP contribution is 2.31. The topological polar surface area (TPSA) is 79.8 Å². The molecule has 0 saturated carbocycles. The highest BCUT2D eigenvalue weighted by Gasteiger charge is 2.37. The summed E-state index contributed by atoms with van der Waals surface area (Å²) in [6.45, 7) is 4.11. The van der Waals surface area contributed by atoms with Crippen LogP contribution in [0, 0.1) is 0 Å². The van der Waals surface area contributed by atoms with Crippen molar-refractivity contribution < 1.29 is 17.9 Å². The lowest BCUT2D eigenvalue weighted by Gasteiger charge is -2.37. The minimum absolute atomic E-state index is 0.337. The average molecular weight is 381 g/mol. The van der Waals surface area contributed by atoms with E-state index in [-0.39, 0.29) is 6.09 Å². The van der Waals surface area contributed by atoms with Crippen molar-refractivity contribution in [1.29, 1.82) is 0 Å². The summed E-state index contributed by atoms with van der Waals surface area (Å²) in [7, 11) is -3.31. The monoisotopic (exact) mass is 381 g/mol. The van der Waals surface area contributed by atoms with Gasteiger partial charge in [-0.25, -0.2) is 17.5 Å².